The summed E-state index contributed by atoms with van der Waals surface area (Å²) in [5.41, 5.74) is -0.567. The van der Waals surface area contributed by atoms with Crippen molar-refractivity contribution in [3.05, 3.63) is 12.2 Å². The molecule has 0 unspecified atom stereocenters. The number of amides is 1. The average molecular weight is 307 g/mol. The molecule has 4 rings (SSSR count). The first-order chi connectivity index (χ1) is 10.3. The fraction of sp³-hybridized carbons (Fsp3) is 0.765. The van der Waals surface area contributed by atoms with Crippen molar-refractivity contribution in [2.75, 3.05) is 13.7 Å². The summed E-state index contributed by atoms with van der Waals surface area (Å²) in [7, 11) is 1.39. The van der Waals surface area contributed by atoms with Gasteiger partial charge in [-0.05, 0) is 51.4 Å². The monoisotopic (exact) mass is 307 g/mol. The molecule has 5 atom stereocenters. The summed E-state index contributed by atoms with van der Waals surface area (Å²) in [5.74, 6) is 1.03. The Labute approximate surface area is 131 Å². The fourth-order valence-electron chi connectivity index (χ4n) is 4.33. The van der Waals surface area contributed by atoms with Crippen LogP contribution in [0.15, 0.2) is 12.2 Å². The van der Waals surface area contributed by atoms with Crippen LogP contribution >= 0.6 is 0 Å². The summed E-state index contributed by atoms with van der Waals surface area (Å²) in [4.78, 5) is 26.5. The van der Waals surface area contributed by atoms with Crippen LogP contribution in [0.1, 0.15) is 33.6 Å². The van der Waals surface area contributed by atoms with Gasteiger partial charge in [-0.3, -0.25) is 4.90 Å². The number of hydrogen-bond donors (Lipinski definition) is 0. The third-order valence-electron chi connectivity index (χ3n) is 5.16. The Hall–Kier alpha value is -1.52. The maximum absolute atomic E-state index is 12.5. The fourth-order valence-corrected chi connectivity index (χ4v) is 4.33. The molecule has 3 aliphatic carbocycles. The number of carbonyl (C=O) groups excluding carboxylic acids is 2. The quantitative estimate of drug-likeness (QED) is 0.552. The summed E-state index contributed by atoms with van der Waals surface area (Å²) in [6.45, 7) is 6.11. The Morgan fingerprint density at radius 3 is 2.32 bits per heavy atom. The van der Waals surface area contributed by atoms with Gasteiger partial charge in [0.2, 0.25) is 0 Å². The molecule has 5 nitrogen and oxygen atoms in total. The van der Waals surface area contributed by atoms with E-state index < -0.39 is 17.7 Å². The van der Waals surface area contributed by atoms with Gasteiger partial charge in [-0.25, -0.2) is 9.59 Å². The van der Waals surface area contributed by atoms with E-state index in [0.717, 1.165) is 12.8 Å². The SMILES string of the molecule is COC(=O)[C@H]1[C@H]2[C@@H](CN1C(=O)OC(C)(C)C)[C@H]1C=C[C@@H]2CC1. The highest BCUT2D eigenvalue weighted by molar-refractivity contribution is 5.83. The maximum atomic E-state index is 12.5. The van der Waals surface area contributed by atoms with E-state index >= 15 is 0 Å². The van der Waals surface area contributed by atoms with Crippen LogP contribution in [0, 0.1) is 23.7 Å². The molecule has 5 heteroatoms. The second kappa shape index (κ2) is 5.28. The summed E-state index contributed by atoms with van der Waals surface area (Å²) in [6, 6.07) is -0.511. The van der Waals surface area contributed by atoms with Gasteiger partial charge in [0.1, 0.15) is 11.6 Å². The van der Waals surface area contributed by atoms with Crippen molar-refractivity contribution in [3.8, 4) is 0 Å². The van der Waals surface area contributed by atoms with Crippen LogP contribution in [-0.2, 0) is 14.3 Å². The van der Waals surface area contributed by atoms with Crippen LogP contribution < -0.4 is 0 Å². The van der Waals surface area contributed by atoms with Gasteiger partial charge in [-0.2, -0.15) is 0 Å². The van der Waals surface area contributed by atoms with Gasteiger partial charge < -0.3 is 9.47 Å². The lowest BCUT2D eigenvalue weighted by Gasteiger charge is -2.42. The predicted molar refractivity (Wildman–Crippen MR) is 81.1 cm³/mol. The van der Waals surface area contributed by atoms with Crippen molar-refractivity contribution in [2.45, 2.75) is 45.3 Å². The van der Waals surface area contributed by atoms with Gasteiger partial charge in [0.15, 0.2) is 0 Å². The minimum atomic E-state index is -0.567. The van der Waals surface area contributed by atoms with Crippen molar-refractivity contribution in [1.82, 2.24) is 4.90 Å². The molecule has 0 aromatic rings. The molecular weight excluding hydrogens is 282 g/mol. The van der Waals surface area contributed by atoms with Gasteiger partial charge in [-0.15, -0.1) is 0 Å². The van der Waals surface area contributed by atoms with Gasteiger partial charge in [0.05, 0.1) is 7.11 Å². The number of hydrogen-bond acceptors (Lipinski definition) is 4. The van der Waals surface area contributed by atoms with Crippen molar-refractivity contribution < 1.29 is 19.1 Å². The number of allylic oxidation sites excluding steroid dienone is 2. The first-order valence-corrected chi connectivity index (χ1v) is 8.07. The van der Waals surface area contributed by atoms with E-state index in [1.165, 1.54) is 7.11 Å². The van der Waals surface area contributed by atoms with Crippen LogP contribution in [0.3, 0.4) is 0 Å². The smallest absolute Gasteiger partial charge is 0.411 e. The third kappa shape index (κ3) is 2.50. The van der Waals surface area contributed by atoms with Crippen molar-refractivity contribution in [3.63, 3.8) is 0 Å². The van der Waals surface area contributed by atoms with E-state index in [2.05, 4.69) is 12.2 Å². The highest BCUT2D eigenvalue weighted by atomic mass is 16.6. The summed E-state index contributed by atoms with van der Waals surface area (Å²) in [6.07, 6.45) is 6.33. The molecule has 4 aliphatic rings. The molecular formula is C17H25NO4. The first-order valence-electron chi connectivity index (χ1n) is 8.07. The predicted octanol–water partition coefficient (Wildman–Crippen LogP) is 2.61. The van der Waals surface area contributed by atoms with E-state index in [1.54, 1.807) is 4.90 Å². The molecule has 0 aromatic heterocycles. The Morgan fingerprint density at radius 1 is 1.14 bits per heavy atom. The van der Waals surface area contributed by atoms with Crippen LogP contribution in [0.2, 0.25) is 0 Å². The van der Waals surface area contributed by atoms with Gasteiger partial charge in [-0.1, -0.05) is 12.2 Å². The minimum absolute atomic E-state index is 0.170. The van der Waals surface area contributed by atoms with Crippen LogP contribution in [-0.4, -0.2) is 42.3 Å². The summed E-state index contributed by atoms with van der Waals surface area (Å²) < 4.78 is 10.5. The molecule has 0 radical (unpaired) electrons. The molecule has 0 spiro atoms. The molecule has 2 bridgehead atoms. The number of methoxy groups -OCH3 is 1. The van der Waals surface area contributed by atoms with Crippen LogP contribution in [0.5, 0.6) is 0 Å². The highest BCUT2D eigenvalue weighted by Gasteiger charge is 2.56. The third-order valence-corrected chi connectivity index (χ3v) is 5.16. The van der Waals surface area contributed by atoms with Crippen LogP contribution in [0.25, 0.3) is 0 Å². The van der Waals surface area contributed by atoms with Crippen molar-refractivity contribution in [2.24, 2.45) is 23.7 Å². The lowest BCUT2D eigenvalue weighted by atomic mass is 9.62. The topological polar surface area (TPSA) is 55.8 Å². The second-order valence-electron chi connectivity index (χ2n) is 7.63. The van der Waals surface area contributed by atoms with E-state index in [1.807, 2.05) is 20.8 Å². The zero-order valence-electron chi connectivity index (χ0n) is 13.7. The normalized spacial score (nSPS) is 36.2. The van der Waals surface area contributed by atoms with E-state index in [9.17, 15) is 9.59 Å². The summed E-state index contributed by atoms with van der Waals surface area (Å²) >= 11 is 0. The Balaban J connectivity index is 1.87. The Kier molecular flexibility index (Phi) is 3.69. The number of fused-ring (bicyclic) bond motifs is 1. The molecule has 1 saturated carbocycles. The Morgan fingerprint density at radius 2 is 1.77 bits per heavy atom. The van der Waals surface area contributed by atoms with E-state index in [4.69, 9.17) is 9.47 Å². The highest BCUT2D eigenvalue weighted by Crippen LogP contribution is 2.51. The molecule has 122 valence electrons. The number of carbonyl (C=O) groups is 2. The molecule has 2 fully saturated rings. The average Bonchev–Trinajstić information content (AvgIpc) is 2.88. The molecule has 1 aliphatic heterocycles. The van der Waals surface area contributed by atoms with Crippen molar-refractivity contribution >= 4 is 12.1 Å². The largest absolute Gasteiger partial charge is 0.467 e. The van der Waals surface area contributed by atoms with Crippen molar-refractivity contribution in [1.29, 1.82) is 0 Å². The van der Waals surface area contributed by atoms with E-state index in [0.29, 0.717) is 24.3 Å². The number of esters is 1. The number of rotatable bonds is 1. The molecule has 0 aromatic carbocycles. The maximum Gasteiger partial charge on any atom is 0.411 e. The summed E-state index contributed by atoms with van der Waals surface area (Å²) in [5, 5.41) is 0. The molecule has 1 amide bonds. The molecule has 1 heterocycles. The lowest BCUT2D eigenvalue weighted by molar-refractivity contribution is -0.148. The zero-order valence-corrected chi connectivity index (χ0v) is 13.7. The van der Waals surface area contributed by atoms with Gasteiger partial charge >= 0.3 is 12.1 Å². The second-order valence-corrected chi connectivity index (χ2v) is 7.63. The first kappa shape index (κ1) is 15.4. The van der Waals surface area contributed by atoms with Crippen LogP contribution in [0.4, 0.5) is 4.79 Å². The minimum Gasteiger partial charge on any atom is -0.467 e. The van der Waals surface area contributed by atoms with Gasteiger partial charge in [0, 0.05) is 12.5 Å². The molecule has 0 N–H and O–H groups in total. The number of nitrogens with zero attached hydrogens (tertiary/aromatic N) is 1. The number of ether oxygens (including phenoxy) is 2. The lowest BCUT2D eigenvalue weighted by Crippen LogP contribution is -2.48. The van der Waals surface area contributed by atoms with E-state index in [-0.39, 0.29) is 11.9 Å². The van der Waals surface area contributed by atoms with Gasteiger partial charge in [0.25, 0.3) is 0 Å². The molecule has 1 saturated heterocycles. The standard InChI is InChI=1S/C17H25NO4/c1-17(2,3)22-16(20)18-9-12-10-5-7-11(8-6-10)13(12)14(18)15(19)21-4/h5,7,10-14H,6,8-9H2,1-4H3/t10-,11+,12-,13+,14+/m0/s1. The number of likely N-dealkylation sites (tertiary alicyclic amines) is 1. The molecule has 22 heavy (non-hydrogen) atoms. The zero-order chi connectivity index (χ0) is 16.1. The Bertz CT molecular complexity index is 507.